The Balaban J connectivity index is 2.40. The van der Waals surface area contributed by atoms with Crippen LogP contribution in [-0.4, -0.2) is 23.7 Å². The Kier molecular flexibility index (Phi) is 3.32. The van der Waals surface area contributed by atoms with Crippen molar-refractivity contribution in [2.75, 3.05) is 13.6 Å². The molecule has 1 unspecified atom stereocenters. The fraction of sp³-hybridized carbons (Fsp3) is 0.333. The maximum atomic E-state index is 12.5. The van der Waals surface area contributed by atoms with E-state index in [4.69, 9.17) is 0 Å². The molecule has 2 rings (SSSR count). The van der Waals surface area contributed by atoms with Gasteiger partial charge in [0.2, 0.25) is 0 Å². The van der Waals surface area contributed by atoms with E-state index in [1.807, 2.05) is 0 Å². The van der Waals surface area contributed by atoms with Gasteiger partial charge in [0.15, 0.2) is 0 Å². The highest BCUT2D eigenvalue weighted by Crippen LogP contribution is 2.31. The highest BCUT2D eigenvalue weighted by molar-refractivity contribution is 5.81. The fourth-order valence-corrected chi connectivity index (χ4v) is 1.82. The standard InChI is InChI=1S/C12H13F3N2O/c1-16-6-10(18)7-2-3-9-8(4-7)5-11(17-9)12(13,14)15/h2-5,10,16-18H,6H2,1H3. The minimum atomic E-state index is -4.39. The van der Waals surface area contributed by atoms with Crippen LogP contribution in [0.3, 0.4) is 0 Å². The predicted molar refractivity (Wildman–Crippen MR) is 62.2 cm³/mol. The van der Waals surface area contributed by atoms with Crippen LogP contribution in [0.15, 0.2) is 24.3 Å². The molecule has 0 bridgehead atoms. The van der Waals surface area contributed by atoms with Crippen molar-refractivity contribution in [2.45, 2.75) is 12.3 Å². The average molecular weight is 258 g/mol. The van der Waals surface area contributed by atoms with Crippen molar-refractivity contribution in [2.24, 2.45) is 0 Å². The molecule has 6 heteroatoms. The number of hydrogen-bond acceptors (Lipinski definition) is 2. The van der Waals surface area contributed by atoms with Gasteiger partial charge in [-0.15, -0.1) is 0 Å². The summed E-state index contributed by atoms with van der Waals surface area (Å²) in [6.07, 6.45) is -5.12. The minimum absolute atomic E-state index is 0.349. The first-order chi connectivity index (χ1) is 8.41. The van der Waals surface area contributed by atoms with Crippen LogP contribution in [0.4, 0.5) is 13.2 Å². The number of rotatable bonds is 3. The zero-order chi connectivity index (χ0) is 13.3. The van der Waals surface area contributed by atoms with E-state index in [-0.39, 0.29) is 0 Å². The summed E-state index contributed by atoms with van der Waals surface area (Å²) in [6.45, 7) is 0.349. The van der Waals surface area contributed by atoms with Gasteiger partial charge in [-0.1, -0.05) is 6.07 Å². The first-order valence-corrected chi connectivity index (χ1v) is 5.44. The SMILES string of the molecule is CNCC(O)c1ccc2[nH]c(C(F)(F)F)cc2c1. The molecule has 3 nitrogen and oxygen atoms in total. The molecule has 0 fully saturated rings. The van der Waals surface area contributed by atoms with E-state index >= 15 is 0 Å². The molecule has 1 aromatic carbocycles. The zero-order valence-electron chi connectivity index (χ0n) is 9.67. The van der Waals surface area contributed by atoms with E-state index in [9.17, 15) is 18.3 Å². The van der Waals surface area contributed by atoms with Gasteiger partial charge in [-0.25, -0.2) is 0 Å². The minimum Gasteiger partial charge on any atom is -0.387 e. The molecule has 0 aliphatic carbocycles. The maximum absolute atomic E-state index is 12.5. The third-order valence-electron chi connectivity index (χ3n) is 2.73. The summed E-state index contributed by atoms with van der Waals surface area (Å²) in [5.41, 5.74) is 0.213. The molecule has 18 heavy (non-hydrogen) atoms. The van der Waals surface area contributed by atoms with Gasteiger partial charge in [0.1, 0.15) is 5.69 Å². The van der Waals surface area contributed by atoms with E-state index in [1.165, 1.54) is 0 Å². The number of fused-ring (bicyclic) bond motifs is 1. The Bertz CT molecular complexity index is 548. The van der Waals surface area contributed by atoms with Crippen LogP contribution in [-0.2, 0) is 6.18 Å². The topological polar surface area (TPSA) is 48.0 Å². The van der Waals surface area contributed by atoms with Gasteiger partial charge >= 0.3 is 6.18 Å². The number of alkyl halides is 3. The summed E-state index contributed by atoms with van der Waals surface area (Å²) >= 11 is 0. The monoisotopic (exact) mass is 258 g/mol. The first-order valence-electron chi connectivity index (χ1n) is 5.44. The Morgan fingerprint density at radius 2 is 2.06 bits per heavy atom. The largest absolute Gasteiger partial charge is 0.431 e. The highest BCUT2D eigenvalue weighted by atomic mass is 19.4. The lowest BCUT2D eigenvalue weighted by molar-refractivity contribution is -0.140. The molecule has 0 spiro atoms. The Morgan fingerprint density at radius 3 is 2.67 bits per heavy atom. The zero-order valence-corrected chi connectivity index (χ0v) is 9.67. The number of benzene rings is 1. The van der Waals surface area contributed by atoms with Crippen molar-refractivity contribution in [3.05, 3.63) is 35.5 Å². The van der Waals surface area contributed by atoms with Crippen molar-refractivity contribution in [1.29, 1.82) is 0 Å². The molecule has 0 saturated carbocycles. The molecule has 1 atom stereocenters. The van der Waals surface area contributed by atoms with E-state index in [0.717, 1.165) is 6.07 Å². The predicted octanol–water partition coefficient (Wildman–Crippen LogP) is 2.44. The summed E-state index contributed by atoms with van der Waals surface area (Å²) in [7, 11) is 1.69. The number of aliphatic hydroxyl groups is 1. The quantitative estimate of drug-likeness (QED) is 0.792. The molecule has 3 N–H and O–H groups in total. The Hall–Kier alpha value is -1.53. The summed E-state index contributed by atoms with van der Waals surface area (Å²) in [6, 6.07) is 5.76. The number of aliphatic hydroxyl groups excluding tert-OH is 1. The van der Waals surface area contributed by atoms with Crippen LogP contribution in [0.2, 0.25) is 0 Å². The van der Waals surface area contributed by atoms with E-state index in [0.29, 0.717) is 23.0 Å². The van der Waals surface area contributed by atoms with Crippen molar-refractivity contribution in [1.82, 2.24) is 10.3 Å². The average Bonchev–Trinajstić information content (AvgIpc) is 2.71. The van der Waals surface area contributed by atoms with Crippen LogP contribution in [0, 0.1) is 0 Å². The van der Waals surface area contributed by atoms with Crippen molar-refractivity contribution in [3.8, 4) is 0 Å². The molecule has 2 aromatic rings. The summed E-state index contributed by atoms with van der Waals surface area (Å²) in [5, 5.41) is 13.0. The van der Waals surface area contributed by atoms with Crippen molar-refractivity contribution in [3.63, 3.8) is 0 Å². The second-order valence-electron chi connectivity index (χ2n) is 4.10. The summed E-state index contributed by atoms with van der Waals surface area (Å²) in [4.78, 5) is 2.31. The van der Waals surface area contributed by atoms with Crippen LogP contribution < -0.4 is 5.32 Å². The molecule has 0 aliphatic heterocycles. The maximum Gasteiger partial charge on any atom is 0.431 e. The molecule has 0 amide bonds. The molecule has 0 saturated heterocycles. The molecule has 0 radical (unpaired) electrons. The molecule has 98 valence electrons. The van der Waals surface area contributed by atoms with E-state index in [2.05, 4.69) is 10.3 Å². The van der Waals surface area contributed by atoms with Gasteiger partial charge < -0.3 is 15.4 Å². The van der Waals surface area contributed by atoms with Gasteiger partial charge in [-0.3, -0.25) is 0 Å². The van der Waals surface area contributed by atoms with Gasteiger partial charge in [-0.2, -0.15) is 13.2 Å². The fourth-order valence-electron chi connectivity index (χ4n) is 1.82. The van der Waals surface area contributed by atoms with Gasteiger partial charge in [-0.05, 0) is 30.8 Å². The Morgan fingerprint density at radius 1 is 1.33 bits per heavy atom. The third kappa shape index (κ3) is 2.49. The van der Waals surface area contributed by atoms with Crippen molar-refractivity contribution < 1.29 is 18.3 Å². The van der Waals surface area contributed by atoms with Crippen molar-refractivity contribution >= 4 is 10.9 Å². The smallest absolute Gasteiger partial charge is 0.387 e. The molecular weight excluding hydrogens is 245 g/mol. The molecule has 1 aromatic heterocycles. The van der Waals surface area contributed by atoms with Gasteiger partial charge in [0.05, 0.1) is 6.10 Å². The number of hydrogen-bond donors (Lipinski definition) is 3. The van der Waals surface area contributed by atoms with Crippen LogP contribution in [0.1, 0.15) is 17.4 Å². The van der Waals surface area contributed by atoms with Gasteiger partial charge in [0.25, 0.3) is 0 Å². The lowest BCUT2D eigenvalue weighted by atomic mass is 10.1. The number of aromatic amines is 1. The lowest BCUT2D eigenvalue weighted by Crippen LogP contribution is -2.16. The third-order valence-corrected chi connectivity index (χ3v) is 2.73. The second-order valence-corrected chi connectivity index (χ2v) is 4.10. The second kappa shape index (κ2) is 4.62. The Labute approximate surface area is 102 Å². The number of likely N-dealkylation sites (N-methyl/N-ethyl adjacent to an activating group) is 1. The first kappa shape index (κ1) is 12.9. The lowest BCUT2D eigenvalue weighted by Gasteiger charge is -2.09. The summed E-state index contributed by atoms with van der Waals surface area (Å²) in [5.74, 6) is 0. The summed E-state index contributed by atoms with van der Waals surface area (Å²) < 4.78 is 37.5. The van der Waals surface area contributed by atoms with Crippen LogP contribution in [0.5, 0.6) is 0 Å². The van der Waals surface area contributed by atoms with Crippen LogP contribution in [0.25, 0.3) is 10.9 Å². The normalized spacial score (nSPS) is 14.1. The number of aromatic nitrogens is 1. The highest BCUT2D eigenvalue weighted by Gasteiger charge is 2.32. The number of H-pyrrole nitrogens is 1. The molecule has 0 aliphatic rings. The van der Waals surface area contributed by atoms with E-state index < -0.39 is 18.0 Å². The van der Waals surface area contributed by atoms with Crippen LogP contribution >= 0.6 is 0 Å². The molecule has 1 heterocycles. The number of halogens is 3. The number of nitrogens with one attached hydrogen (secondary N) is 2. The molecular formula is C12H13F3N2O. The van der Waals surface area contributed by atoms with E-state index in [1.54, 1.807) is 25.2 Å². The van der Waals surface area contributed by atoms with Gasteiger partial charge in [0, 0.05) is 17.4 Å².